The maximum absolute atomic E-state index is 12.2. The Labute approximate surface area is 99.1 Å². The van der Waals surface area contributed by atoms with Gasteiger partial charge in [0.1, 0.15) is 5.75 Å². The molecule has 0 aromatic carbocycles. The first-order valence-corrected chi connectivity index (χ1v) is 5.16. The van der Waals surface area contributed by atoms with Gasteiger partial charge in [0, 0.05) is 24.5 Å². The van der Waals surface area contributed by atoms with Gasteiger partial charge < -0.3 is 4.74 Å². The van der Waals surface area contributed by atoms with Crippen LogP contribution in [0.3, 0.4) is 0 Å². The second kappa shape index (κ2) is 4.37. The zero-order valence-electron chi connectivity index (χ0n) is 9.97. The van der Waals surface area contributed by atoms with Gasteiger partial charge in [-0.2, -0.15) is 5.10 Å². The number of aryl methyl sites for hydroxylation is 1. The Morgan fingerprint density at radius 3 is 2.71 bits per heavy atom. The smallest absolute Gasteiger partial charge is 0.198 e. The van der Waals surface area contributed by atoms with Crippen LogP contribution in [0.4, 0.5) is 0 Å². The predicted molar refractivity (Wildman–Crippen MR) is 62.2 cm³/mol. The average Bonchev–Trinajstić information content (AvgIpc) is 2.69. The molecular formula is C12H13N3O2. The molecule has 5 nitrogen and oxygen atoms in total. The van der Waals surface area contributed by atoms with Gasteiger partial charge in [0.05, 0.1) is 25.1 Å². The summed E-state index contributed by atoms with van der Waals surface area (Å²) in [6.45, 7) is 1.85. The Bertz CT molecular complexity index is 561. The van der Waals surface area contributed by atoms with Crippen LogP contribution in [0.2, 0.25) is 0 Å². The van der Waals surface area contributed by atoms with Crippen LogP contribution in [-0.2, 0) is 7.05 Å². The molecule has 0 aliphatic carbocycles. The number of hydrogen-bond acceptors (Lipinski definition) is 4. The number of ketones is 1. The minimum Gasteiger partial charge on any atom is -0.495 e. The van der Waals surface area contributed by atoms with Crippen molar-refractivity contribution < 1.29 is 9.53 Å². The van der Waals surface area contributed by atoms with E-state index in [9.17, 15) is 4.79 Å². The molecule has 0 spiro atoms. The van der Waals surface area contributed by atoms with Crippen molar-refractivity contribution in [3.8, 4) is 5.75 Å². The molecule has 0 bridgehead atoms. The van der Waals surface area contributed by atoms with Gasteiger partial charge in [-0.3, -0.25) is 14.5 Å². The average molecular weight is 231 g/mol. The second-order valence-electron chi connectivity index (χ2n) is 3.71. The first-order chi connectivity index (χ1) is 8.13. The standard InChI is InChI=1S/C12H13N3O2/c1-8-11(7-14-15(8)2)12(16)9-4-10(17-3)6-13-5-9/h4-7H,1-3H3. The van der Waals surface area contributed by atoms with Crippen molar-refractivity contribution >= 4 is 5.78 Å². The van der Waals surface area contributed by atoms with Crippen molar-refractivity contribution in [2.75, 3.05) is 7.11 Å². The molecule has 0 N–H and O–H groups in total. The number of ether oxygens (including phenoxy) is 1. The van der Waals surface area contributed by atoms with Crippen LogP contribution in [0.5, 0.6) is 5.75 Å². The first-order valence-electron chi connectivity index (χ1n) is 5.16. The maximum atomic E-state index is 12.2. The van der Waals surface area contributed by atoms with Gasteiger partial charge in [-0.25, -0.2) is 0 Å². The van der Waals surface area contributed by atoms with Crippen LogP contribution in [0.1, 0.15) is 21.6 Å². The normalized spacial score (nSPS) is 10.3. The van der Waals surface area contributed by atoms with Crippen molar-refractivity contribution in [1.82, 2.24) is 14.8 Å². The van der Waals surface area contributed by atoms with Gasteiger partial charge in [0.2, 0.25) is 0 Å². The van der Waals surface area contributed by atoms with Crippen LogP contribution in [0.25, 0.3) is 0 Å². The molecule has 0 fully saturated rings. The monoisotopic (exact) mass is 231 g/mol. The summed E-state index contributed by atoms with van der Waals surface area (Å²) in [6.07, 6.45) is 4.65. The highest BCUT2D eigenvalue weighted by Gasteiger charge is 2.15. The molecule has 0 unspecified atom stereocenters. The minimum absolute atomic E-state index is 0.0954. The van der Waals surface area contributed by atoms with Gasteiger partial charge in [0.15, 0.2) is 5.78 Å². The highest BCUT2D eigenvalue weighted by atomic mass is 16.5. The van der Waals surface area contributed by atoms with E-state index in [4.69, 9.17) is 4.74 Å². The number of hydrogen-bond donors (Lipinski definition) is 0. The third kappa shape index (κ3) is 2.04. The molecule has 0 saturated carbocycles. The number of nitrogens with zero attached hydrogens (tertiary/aromatic N) is 3. The molecule has 2 heterocycles. The van der Waals surface area contributed by atoms with E-state index in [1.165, 1.54) is 6.20 Å². The molecule has 0 aliphatic heterocycles. The molecular weight excluding hydrogens is 218 g/mol. The summed E-state index contributed by atoms with van der Waals surface area (Å²) in [5.74, 6) is 0.472. The lowest BCUT2D eigenvalue weighted by Crippen LogP contribution is -2.04. The highest BCUT2D eigenvalue weighted by molar-refractivity contribution is 6.09. The molecule has 2 aromatic heterocycles. The maximum Gasteiger partial charge on any atom is 0.198 e. The van der Waals surface area contributed by atoms with Crippen LogP contribution in [0, 0.1) is 6.92 Å². The summed E-state index contributed by atoms with van der Waals surface area (Å²) in [4.78, 5) is 16.2. The van der Waals surface area contributed by atoms with Crippen LogP contribution >= 0.6 is 0 Å². The molecule has 5 heteroatoms. The second-order valence-corrected chi connectivity index (χ2v) is 3.71. The SMILES string of the molecule is COc1cncc(C(=O)c2cnn(C)c2C)c1. The van der Waals surface area contributed by atoms with E-state index < -0.39 is 0 Å². The Hall–Kier alpha value is -2.17. The summed E-state index contributed by atoms with van der Waals surface area (Å²) in [6, 6.07) is 1.67. The number of carbonyl (C=O) groups excluding carboxylic acids is 1. The quantitative estimate of drug-likeness (QED) is 0.748. The summed E-state index contributed by atoms with van der Waals surface area (Å²) >= 11 is 0. The van der Waals surface area contributed by atoms with Crippen molar-refractivity contribution in [2.45, 2.75) is 6.92 Å². The molecule has 88 valence electrons. The highest BCUT2D eigenvalue weighted by Crippen LogP contribution is 2.16. The topological polar surface area (TPSA) is 57.0 Å². The van der Waals surface area contributed by atoms with E-state index in [0.717, 1.165) is 5.69 Å². The van der Waals surface area contributed by atoms with Gasteiger partial charge >= 0.3 is 0 Å². The molecule has 0 radical (unpaired) electrons. The lowest BCUT2D eigenvalue weighted by Gasteiger charge is -2.03. The summed E-state index contributed by atoms with van der Waals surface area (Å²) < 4.78 is 6.71. The fourth-order valence-corrected chi connectivity index (χ4v) is 1.53. The van der Waals surface area contributed by atoms with Crippen molar-refractivity contribution in [2.24, 2.45) is 7.05 Å². The Balaban J connectivity index is 2.40. The van der Waals surface area contributed by atoms with E-state index in [1.54, 1.807) is 37.3 Å². The fourth-order valence-electron chi connectivity index (χ4n) is 1.53. The zero-order chi connectivity index (χ0) is 12.4. The molecule has 0 amide bonds. The summed E-state index contributed by atoms with van der Waals surface area (Å²) in [5, 5.41) is 4.05. The number of carbonyl (C=O) groups is 1. The number of methoxy groups -OCH3 is 1. The van der Waals surface area contributed by atoms with E-state index in [2.05, 4.69) is 10.1 Å². The molecule has 2 aromatic rings. The minimum atomic E-state index is -0.0954. The van der Waals surface area contributed by atoms with Crippen molar-refractivity contribution in [1.29, 1.82) is 0 Å². The first kappa shape index (κ1) is 11.3. The van der Waals surface area contributed by atoms with Crippen LogP contribution < -0.4 is 4.74 Å². The van der Waals surface area contributed by atoms with Gasteiger partial charge in [-0.15, -0.1) is 0 Å². The third-order valence-corrected chi connectivity index (χ3v) is 2.69. The zero-order valence-corrected chi connectivity index (χ0v) is 9.97. The summed E-state index contributed by atoms with van der Waals surface area (Å²) in [7, 11) is 3.34. The fraction of sp³-hybridized carbons (Fsp3) is 0.250. The van der Waals surface area contributed by atoms with E-state index in [1.807, 2.05) is 6.92 Å². The Kier molecular flexibility index (Phi) is 2.91. The lowest BCUT2D eigenvalue weighted by molar-refractivity contribution is 0.103. The number of rotatable bonds is 3. The molecule has 17 heavy (non-hydrogen) atoms. The van der Waals surface area contributed by atoms with E-state index in [-0.39, 0.29) is 5.78 Å². The van der Waals surface area contributed by atoms with Crippen molar-refractivity contribution in [3.63, 3.8) is 0 Å². The van der Waals surface area contributed by atoms with Gasteiger partial charge in [0.25, 0.3) is 0 Å². The van der Waals surface area contributed by atoms with Gasteiger partial charge in [-0.05, 0) is 13.0 Å². The predicted octanol–water partition coefficient (Wildman–Crippen LogP) is 1.36. The van der Waals surface area contributed by atoms with E-state index >= 15 is 0 Å². The van der Waals surface area contributed by atoms with Gasteiger partial charge in [-0.1, -0.05) is 0 Å². The van der Waals surface area contributed by atoms with E-state index in [0.29, 0.717) is 16.9 Å². The number of pyridine rings is 1. The van der Waals surface area contributed by atoms with Crippen molar-refractivity contribution in [3.05, 3.63) is 41.5 Å². The molecule has 2 rings (SSSR count). The Morgan fingerprint density at radius 1 is 1.35 bits per heavy atom. The number of aromatic nitrogens is 3. The van der Waals surface area contributed by atoms with Crippen LogP contribution in [0.15, 0.2) is 24.7 Å². The lowest BCUT2D eigenvalue weighted by atomic mass is 10.1. The third-order valence-electron chi connectivity index (χ3n) is 2.69. The summed E-state index contributed by atoms with van der Waals surface area (Å²) in [5.41, 5.74) is 1.92. The van der Waals surface area contributed by atoms with Crippen LogP contribution in [-0.4, -0.2) is 27.7 Å². The largest absolute Gasteiger partial charge is 0.495 e. The molecule has 0 atom stereocenters. The molecule has 0 saturated heterocycles. The Morgan fingerprint density at radius 2 is 2.12 bits per heavy atom. The molecule has 0 aliphatic rings.